The van der Waals surface area contributed by atoms with E-state index in [4.69, 9.17) is 5.73 Å². The monoisotopic (exact) mass is 228 g/mol. The normalized spacial score (nSPS) is 16.5. The molecule has 2 nitrogen and oxygen atoms in total. The predicted molar refractivity (Wildman–Crippen MR) is 73.7 cm³/mol. The van der Waals surface area contributed by atoms with Gasteiger partial charge in [0, 0.05) is 18.6 Å². The molecule has 0 saturated heterocycles. The van der Waals surface area contributed by atoms with E-state index in [0.717, 1.165) is 6.54 Å². The van der Waals surface area contributed by atoms with Gasteiger partial charge in [-0.3, -0.25) is 4.90 Å². The van der Waals surface area contributed by atoms with E-state index >= 15 is 0 Å². The zero-order valence-corrected chi connectivity index (χ0v) is 12.2. The molecule has 0 aliphatic rings. The fourth-order valence-corrected chi connectivity index (χ4v) is 2.04. The molecular formula is C14H32N2. The Morgan fingerprint density at radius 1 is 1.19 bits per heavy atom. The van der Waals surface area contributed by atoms with Gasteiger partial charge in [-0.2, -0.15) is 0 Å². The lowest BCUT2D eigenvalue weighted by atomic mass is 9.86. The molecule has 2 heteroatoms. The zero-order chi connectivity index (χ0) is 12.8. The van der Waals surface area contributed by atoms with Crippen LogP contribution in [0.1, 0.15) is 60.3 Å². The molecule has 0 fully saturated rings. The Kier molecular flexibility index (Phi) is 7.25. The molecule has 0 amide bonds. The Hall–Kier alpha value is -0.0800. The molecular weight excluding hydrogens is 196 g/mol. The van der Waals surface area contributed by atoms with Gasteiger partial charge in [0.05, 0.1) is 0 Å². The van der Waals surface area contributed by atoms with Crippen LogP contribution in [0.2, 0.25) is 0 Å². The van der Waals surface area contributed by atoms with E-state index in [0.29, 0.717) is 17.5 Å². The number of hydrogen-bond donors (Lipinski definition) is 1. The summed E-state index contributed by atoms with van der Waals surface area (Å²) in [7, 11) is 2.22. The summed E-state index contributed by atoms with van der Waals surface area (Å²) in [5.41, 5.74) is 6.22. The molecule has 0 saturated carbocycles. The van der Waals surface area contributed by atoms with Crippen molar-refractivity contribution < 1.29 is 0 Å². The first-order valence-corrected chi connectivity index (χ1v) is 6.76. The molecule has 0 aromatic carbocycles. The average Bonchev–Trinajstić information content (AvgIpc) is 2.21. The summed E-state index contributed by atoms with van der Waals surface area (Å²) in [5.74, 6) is 0. The van der Waals surface area contributed by atoms with Crippen LogP contribution < -0.4 is 5.73 Å². The van der Waals surface area contributed by atoms with Crippen molar-refractivity contribution in [1.82, 2.24) is 4.90 Å². The Bertz CT molecular complexity index is 172. The SMILES string of the molecule is CCCCCC(CN)N(C)C(C)C(C)(C)C. The first kappa shape index (κ1) is 15.9. The van der Waals surface area contributed by atoms with Crippen molar-refractivity contribution in [2.45, 2.75) is 72.4 Å². The van der Waals surface area contributed by atoms with Gasteiger partial charge < -0.3 is 5.73 Å². The van der Waals surface area contributed by atoms with Crippen LogP contribution in [0.15, 0.2) is 0 Å². The lowest BCUT2D eigenvalue weighted by Crippen LogP contribution is -2.48. The highest BCUT2D eigenvalue weighted by Crippen LogP contribution is 2.25. The lowest BCUT2D eigenvalue weighted by Gasteiger charge is -2.40. The van der Waals surface area contributed by atoms with Gasteiger partial charge in [-0.05, 0) is 25.8 Å². The van der Waals surface area contributed by atoms with E-state index in [1.807, 2.05) is 0 Å². The summed E-state index contributed by atoms with van der Waals surface area (Å²) in [6, 6.07) is 1.11. The third kappa shape index (κ3) is 5.31. The number of rotatable bonds is 7. The molecule has 16 heavy (non-hydrogen) atoms. The smallest absolute Gasteiger partial charge is 0.0218 e. The molecule has 0 spiro atoms. The van der Waals surface area contributed by atoms with Crippen LogP contribution >= 0.6 is 0 Å². The molecule has 0 rings (SSSR count). The quantitative estimate of drug-likeness (QED) is 0.678. The Balaban J connectivity index is 4.24. The van der Waals surface area contributed by atoms with E-state index in [9.17, 15) is 0 Å². The molecule has 2 atom stereocenters. The topological polar surface area (TPSA) is 29.3 Å². The maximum absolute atomic E-state index is 5.90. The molecule has 0 bridgehead atoms. The van der Waals surface area contributed by atoms with E-state index in [1.165, 1.54) is 25.7 Å². The Labute approximate surface area is 103 Å². The number of hydrogen-bond acceptors (Lipinski definition) is 2. The molecule has 0 aromatic rings. The Morgan fingerprint density at radius 2 is 1.75 bits per heavy atom. The van der Waals surface area contributed by atoms with Gasteiger partial charge in [-0.25, -0.2) is 0 Å². The summed E-state index contributed by atoms with van der Waals surface area (Å²) >= 11 is 0. The second kappa shape index (κ2) is 7.29. The summed E-state index contributed by atoms with van der Waals surface area (Å²) in [4.78, 5) is 2.47. The van der Waals surface area contributed by atoms with Crippen molar-refractivity contribution in [2.24, 2.45) is 11.1 Å². The van der Waals surface area contributed by atoms with Crippen LogP contribution in [0.5, 0.6) is 0 Å². The maximum Gasteiger partial charge on any atom is 0.0218 e. The largest absolute Gasteiger partial charge is 0.329 e. The number of unbranched alkanes of at least 4 members (excludes halogenated alkanes) is 2. The van der Waals surface area contributed by atoms with Gasteiger partial charge in [-0.1, -0.05) is 47.0 Å². The highest BCUT2D eigenvalue weighted by Gasteiger charge is 2.27. The average molecular weight is 228 g/mol. The Morgan fingerprint density at radius 3 is 2.12 bits per heavy atom. The molecule has 2 N–H and O–H groups in total. The maximum atomic E-state index is 5.90. The van der Waals surface area contributed by atoms with Crippen LogP contribution in [0, 0.1) is 5.41 Å². The zero-order valence-electron chi connectivity index (χ0n) is 12.2. The third-order valence-corrected chi connectivity index (χ3v) is 3.85. The highest BCUT2D eigenvalue weighted by molar-refractivity contribution is 4.82. The van der Waals surface area contributed by atoms with Gasteiger partial charge >= 0.3 is 0 Å². The molecule has 0 heterocycles. The second-order valence-corrected chi connectivity index (χ2v) is 6.09. The molecule has 0 aliphatic heterocycles. The van der Waals surface area contributed by atoms with Crippen molar-refractivity contribution in [2.75, 3.05) is 13.6 Å². The van der Waals surface area contributed by atoms with Gasteiger partial charge in [0.15, 0.2) is 0 Å². The van der Waals surface area contributed by atoms with E-state index < -0.39 is 0 Å². The first-order valence-electron chi connectivity index (χ1n) is 6.76. The van der Waals surface area contributed by atoms with E-state index in [1.54, 1.807) is 0 Å². The molecule has 0 aromatic heterocycles. The van der Waals surface area contributed by atoms with Gasteiger partial charge in [0.1, 0.15) is 0 Å². The molecule has 0 radical (unpaired) electrons. The number of nitrogens with zero attached hydrogens (tertiary/aromatic N) is 1. The highest BCUT2D eigenvalue weighted by atomic mass is 15.2. The fourth-order valence-electron chi connectivity index (χ4n) is 2.04. The van der Waals surface area contributed by atoms with Crippen molar-refractivity contribution in [1.29, 1.82) is 0 Å². The standard InChI is InChI=1S/C14H32N2/c1-7-8-9-10-13(11-15)16(6)12(2)14(3,4)5/h12-13H,7-11,15H2,1-6H3. The van der Waals surface area contributed by atoms with Gasteiger partial charge in [-0.15, -0.1) is 0 Å². The minimum atomic E-state index is 0.326. The van der Waals surface area contributed by atoms with Crippen molar-refractivity contribution in [3.63, 3.8) is 0 Å². The minimum Gasteiger partial charge on any atom is -0.329 e. The van der Waals surface area contributed by atoms with Crippen LogP contribution in [0.3, 0.4) is 0 Å². The summed E-state index contributed by atoms with van der Waals surface area (Å²) < 4.78 is 0. The van der Waals surface area contributed by atoms with Crippen molar-refractivity contribution in [3.05, 3.63) is 0 Å². The van der Waals surface area contributed by atoms with Crippen LogP contribution in [0.25, 0.3) is 0 Å². The number of nitrogens with two attached hydrogens (primary N) is 1. The van der Waals surface area contributed by atoms with Crippen molar-refractivity contribution in [3.8, 4) is 0 Å². The second-order valence-electron chi connectivity index (χ2n) is 6.09. The lowest BCUT2D eigenvalue weighted by molar-refractivity contribution is 0.0946. The van der Waals surface area contributed by atoms with Crippen LogP contribution in [-0.2, 0) is 0 Å². The molecule has 2 unspecified atom stereocenters. The van der Waals surface area contributed by atoms with Crippen LogP contribution in [-0.4, -0.2) is 30.6 Å². The summed E-state index contributed by atoms with van der Waals surface area (Å²) in [6.45, 7) is 12.2. The van der Waals surface area contributed by atoms with Crippen LogP contribution in [0.4, 0.5) is 0 Å². The molecule has 0 aliphatic carbocycles. The van der Waals surface area contributed by atoms with E-state index in [-0.39, 0.29) is 0 Å². The van der Waals surface area contributed by atoms with Crippen molar-refractivity contribution >= 4 is 0 Å². The van der Waals surface area contributed by atoms with Gasteiger partial charge in [0.2, 0.25) is 0 Å². The predicted octanol–water partition coefficient (Wildman–Crippen LogP) is 3.26. The summed E-state index contributed by atoms with van der Waals surface area (Å²) in [6.07, 6.45) is 5.16. The summed E-state index contributed by atoms with van der Waals surface area (Å²) in [5, 5.41) is 0. The third-order valence-electron chi connectivity index (χ3n) is 3.85. The van der Waals surface area contributed by atoms with Gasteiger partial charge in [0.25, 0.3) is 0 Å². The fraction of sp³-hybridized carbons (Fsp3) is 1.00. The first-order chi connectivity index (χ1) is 7.34. The number of likely N-dealkylation sites (N-methyl/N-ethyl adjacent to an activating group) is 1. The van der Waals surface area contributed by atoms with E-state index in [2.05, 4.69) is 46.6 Å². The molecule has 98 valence electrons. The minimum absolute atomic E-state index is 0.326.